The quantitative estimate of drug-likeness (QED) is 0.535. The third kappa shape index (κ3) is 4.19. The van der Waals surface area contributed by atoms with Crippen LogP contribution < -0.4 is 4.90 Å². The van der Waals surface area contributed by atoms with Crippen molar-refractivity contribution in [1.82, 2.24) is 4.98 Å². The summed E-state index contributed by atoms with van der Waals surface area (Å²) in [7, 11) is 0. The monoisotopic (exact) mass is 254 g/mol. The van der Waals surface area contributed by atoms with Gasteiger partial charge in [-0.1, -0.05) is 19.8 Å². The van der Waals surface area contributed by atoms with E-state index in [1.165, 1.54) is 30.5 Å². The normalized spacial score (nSPS) is 10.9. The maximum atomic E-state index is 5.99. The maximum Gasteiger partial charge on any atom is 0.0599 e. The Morgan fingerprint density at radius 3 is 2.71 bits per heavy atom. The van der Waals surface area contributed by atoms with Gasteiger partial charge in [0.15, 0.2) is 0 Å². The van der Waals surface area contributed by atoms with Crippen LogP contribution >= 0.6 is 11.6 Å². The second kappa shape index (κ2) is 7.54. The summed E-state index contributed by atoms with van der Waals surface area (Å²) in [6.45, 7) is 7.75. The van der Waals surface area contributed by atoms with E-state index in [4.69, 9.17) is 11.6 Å². The zero-order valence-corrected chi connectivity index (χ0v) is 11.9. The summed E-state index contributed by atoms with van der Waals surface area (Å²) >= 11 is 5.99. The van der Waals surface area contributed by atoms with Crippen LogP contribution in [-0.4, -0.2) is 17.6 Å². The minimum Gasteiger partial charge on any atom is -0.368 e. The number of halogens is 1. The fourth-order valence-electron chi connectivity index (χ4n) is 1.98. The maximum absolute atomic E-state index is 5.99. The lowest BCUT2D eigenvalue weighted by Gasteiger charge is -2.30. The summed E-state index contributed by atoms with van der Waals surface area (Å²) in [5, 5.41) is 0. The Labute approximate surface area is 110 Å². The molecule has 0 fully saturated rings. The Balaban J connectivity index is 2.81. The van der Waals surface area contributed by atoms with Crippen LogP contribution in [-0.2, 0) is 5.88 Å². The van der Waals surface area contributed by atoms with Crippen molar-refractivity contribution in [3.05, 3.63) is 24.0 Å². The zero-order chi connectivity index (χ0) is 12.7. The smallest absolute Gasteiger partial charge is 0.0599 e. The molecule has 0 bridgehead atoms. The molecule has 0 aromatic carbocycles. The predicted molar refractivity (Wildman–Crippen MR) is 75.8 cm³/mol. The standard InChI is InChI=1S/C14H23ClN2/c1-4-5-6-9-17(12(2)3)14-11-16-8-7-13(14)10-15/h7-8,11-12H,4-6,9-10H2,1-3H3. The highest BCUT2D eigenvalue weighted by Crippen LogP contribution is 2.23. The zero-order valence-electron chi connectivity index (χ0n) is 11.1. The van der Waals surface area contributed by atoms with Crippen LogP contribution in [0.1, 0.15) is 45.6 Å². The van der Waals surface area contributed by atoms with Crippen LogP contribution in [0.4, 0.5) is 5.69 Å². The van der Waals surface area contributed by atoms with Gasteiger partial charge in [-0.2, -0.15) is 0 Å². The first-order valence-corrected chi connectivity index (χ1v) is 6.99. The Hall–Kier alpha value is -0.760. The average molecular weight is 255 g/mol. The molecule has 0 saturated carbocycles. The molecule has 0 amide bonds. The second-order valence-corrected chi connectivity index (χ2v) is 4.90. The molecule has 2 nitrogen and oxygen atoms in total. The number of pyridine rings is 1. The summed E-state index contributed by atoms with van der Waals surface area (Å²) in [4.78, 5) is 6.63. The van der Waals surface area contributed by atoms with Gasteiger partial charge in [-0.05, 0) is 31.9 Å². The van der Waals surface area contributed by atoms with E-state index in [2.05, 4.69) is 30.7 Å². The fraction of sp³-hybridized carbons (Fsp3) is 0.643. The number of hydrogen-bond acceptors (Lipinski definition) is 2. The van der Waals surface area contributed by atoms with Crippen molar-refractivity contribution in [3.8, 4) is 0 Å². The van der Waals surface area contributed by atoms with Crippen molar-refractivity contribution in [2.45, 2.75) is 52.0 Å². The summed E-state index contributed by atoms with van der Waals surface area (Å²) in [5.74, 6) is 0.550. The highest BCUT2D eigenvalue weighted by molar-refractivity contribution is 6.17. The Morgan fingerprint density at radius 2 is 2.12 bits per heavy atom. The van der Waals surface area contributed by atoms with Crippen LogP contribution in [0.25, 0.3) is 0 Å². The van der Waals surface area contributed by atoms with Crippen molar-refractivity contribution in [2.24, 2.45) is 0 Å². The van der Waals surface area contributed by atoms with Gasteiger partial charge in [0.25, 0.3) is 0 Å². The van der Waals surface area contributed by atoms with Crippen molar-refractivity contribution < 1.29 is 0 Å². The van der Waals surface area contributed by atoms with Gasteiger partial charge >= 0.3 is 0 Å². The van der Waals surface area contributed by atoms with E-state index < -0.39 is 0 Å². The lowest BCUT2D eigenvalue weighted by Crippen LogP contribution is -2.32. The summed E-state index contributed by atoms with van der Waals surface area (Å²) in [6, 6.07) is 2.50. The van der Waals surface area contributed by atoms with Crippen molar-refractivity contribution >= 4 is 17.3 Å². The fourth-order valence-corrected chi connectivity index (χ4v) is 2.20. The first kappa shape index (κ1) is 14.3. The number of nitrogens with zero attached hydrogens (tertiary/aromatic N) is 2. The minimum absolute atomic E-state index is 0.484. The van der Waals surface area contributed by atoms with Gasteiger partial charge in [-0.25, -0.2) is 0 Å². The van der Waals surface area contributed by atoms with E-state index >= 15 is 0 Å². The molecule has 0 saturated heterocycles. The Bertz CT molecular complexity index is 326. The predicted octanol–water partition coefficient (Wildman–Crippen LogP) is 4.23. The molecular weight excluding hydrogens is 232 g/mol. The molecule has 3 heteroatoms. The molecule has 17 heavy (non-hydrogen) atoms. The topological polar surface area (TPSA) is 16.1 Å². The first-order valence-electron chi connectivity index (χ1n) is 6.46. The molecule has 0 radical (unpaired) electrons. The van der Waals surface area contributed by atoms with Gasteiger partial charge in [0.2, 0.25) is 0 Å². The lowest BCUT2D eigenvalue weighted by molar-refractivity contribution is 0.624. The van der Waals surface area contributed by atoms with Crippen LogP contribution in [0.3, 0.4) is 0 Å². The molecule has 1 rings (SSSR count). The van der Waals surface area contributed by atoms with Gasteiger partial charge in [0.1, 0.15) is 0 Å². The molecule has 0 aliphatic rings. The number of rotatable bonds is 7. The van der Waals surface area contributed by atoms with E-state index in [1.807, 2.05) is 18.5 Å². The molecule has 0 N–H and O–H groups in total. The summed E-state index contributed by atoms with van der Waals surface area (Å²) in [6.07, 6.45) is 7.50. The average Bonchev–Trinajstić information content (AvgIpc) is 2.34. The third-order valence-electron chi connectivity index (χ3n) is 2.97. The van der Waals surface area contributed by atoms with Gasteiger partial charge in [0.05, 0.1) is 11.9 Å². The molecule has 0 aliphatic carbocycles. The number of hydrogen-bond donors (Lipinski definition) is 0. The summed E-state index contributed by atoms with van der Waals surface area (Å²) < 4.78 is 0. The van der Waals surface area contributed by atoms with E-state index in [0.717, 1.165) is 6.54 Å². The number of anilines is 1. The minimum atomic E-state index is 0.484. The van der Waals surface area contributed by atoms with E-state index in [1.54, 1.807) is 0 Å². The molecule has 0 unspecified atom stereocenters. The van der Waals surface area contributed by atoms with E-state index in [9.17, 15) is 0 Å². The Morgan fingerprint density at radius 1 is 1.35 bits per heavy atom. The SMILES string of the molecule is CCCCCN(c1cnccc1CCl)C(C)C. The molecule has 0 atom stereocenters. The largest absolute Gasteiger partial charge is 0.368 e. The molecular formula is C14H23ClN2. The molecule has 1 aromatic heterocycles. The second-order valence-electron chi connectivity index (χ2n) is 4.63. The Kier molecular flexibility index (Phi) is 6.35. The van der Waals surface area contributed by atoms with Gasteiger partial charge < -0.3 is 4.90 Å². The van der Waals surface area contributed by atoms with Crippen LogP contribution in [0.2, 0.25) is 0 Å². The third-order valence-corrected chi connectivity index (χ3v) is 3.25. The van der Waals surface area contributed by atoms with Gasteiger partial charge in [-0.15, -0.1) is 11.6 Å². The van der Waals surface area contributed by atoms with E-state index in [-0.39, 0.29) is 0 Å². The highest BCUT2D eigenvalue weighted by atomic mass is 35.5. The number of alkyl halides is 1. The number of aromatic nitrogens is 1. The molecule has 1 heterocycles. The van der Waals surface area contributed by atoms with Crippen LogP contribution in [0, 0.1) is 0 Å². The van der Waals surface area contributed by atoms with Crippen LogP contribution in [0.5, 0.6) is 0 Å². The summed E-state index contributed by atoms with van der Waals surface area (Å²) in [5.41, 5.74) is 2.36. The molecule has 0 spiro atoms. The van der Waals surface area contributed by atoms with Gasteiger partial charge in [0, 0.05) is 24.7 Å². The van der Waals surface area contributed by atoms with Crippen molar-refractivity contribution in [2.75, 3.05) is 11.4 Å². The lowest BCUT2D eigenvalue weighted by atomic mass is 10.1. The molecule has 1 aromatic rings. The molecule has 0 aliphatic heterocycles. The van der Waals surface area contributed by atoms with Gasteiger partial charge in [-0.3, -0.25) is 4.98 Å². The van der Waals surface area contributed by atoms with Crippen molar-refractivity contribution in [3.63, 3.8) is 0 Å². The first-order chi connectivity index (χ1) is 8.20. The highest BCUT2D eigenvalue weighted by Gasteiger charge is 2.13. The van der Waals surface area contributed by atoms with Crippen LogP contribution in [0.15, 0.2) is 18.5 Å². The van der Waals surface area contributed by atoms with E-state index in [0.29, 0.717) is 11.9 Å². The number of unbranched alkanes of at least 4 members (excludes halogenated alkanes) is 2. The molecule has 96 valence electrons. The van der Waals surface area contributed by atoms with Crippen molar-refractivity contribution in [1.29, 1.82) is 0 Å².